The Morgan fingerprint density at radius 3 is 2.72 bits per heavy atom. The number of ether oxygens (including phenoxy) is 1. The third-order valence-electron chi connectivity index (χ3n) is 5.86. The highest BCUT2D eigenvalue weighted by Crippen LogP contribution is 2.36. The summed E-state index contributed by atoms with van der Waals surface area (Å²) in [7, 11) is 3.71. The highest BCUT2D eigenvalue weighted by molar-refractivity contribution is 5.94. The minimum atomic E-state index is 0.0158. The van der Waals surface area contributed by atoms with Gasteiger partial charge in [0.15, 0.2) is 6.19 Å². The smallest absolute Gasteiger partial charge is 0.228 e. The number of nitrogens with zero attached hydrogens (tertiary/aromatic N) is 3. The monoisotopic (exact) mass is 390 g/mol. The summed E-state index contributed by atoms with van der Waals surface area (Å²) in [4.78, 5) is 16.8. The number of nitrogens with one attached hydrogen (secondary N) is 1. The number of fused-ring (bicyclic) bond motifs is 1. The molecule has 0 spiro atoms. The lowest BCUT2D eigenvalue weighted by Gasteiger charge is -2.28. The van der Waals surface area contributed by atoms with E-state index < -0.39 is 0 Å². The van der Waals surface area contributed by atoms with Crippen LogP contribution in [0.4, 0.5) is 5.69 Å². The van der Waals surface area contributed by atoms with Crippen molar-refractivity contribution in [3.8, 4) is 23.1 Å². The van der Waals surface area contributed by atoms with Crippen molar-refractivity contribution in [3.05, 3.63) is 47.5 Å². The second-order valence-electron chi connectivity index (χ2n) is 7.94. The summed E-state index contributed by atoms with van der Waals surface area (Å²) < 4.78 is 5.27. The quantitative estimate of drug-likeness (QED) is 0.810. The maximum Gasteiger partial charge on any atom is 0.228 e. The Kier molecular flexibility index (Phi) is 5.41. The van der Waals surface area contributed by atoms with E-state index in [1.165, 1.54) is 0 Å². The van der Waals surface area contributed by atoms with Gasteiger partial charge in [-0.1, -0.05) is 12.1 Å². The molecular weight excluding hydrogens is 364 g/mol. The standard InChI is InChI=1S/C23H26N4O2/c1-26-9-3-4-17(12-26)23(28)25-19-10-18-13-27(15-24)14-22(18)21(11-19)16-5-7-20(29-2)8-6-16/h5-8,10-11,17H,3-4,9,12-14H2,1-2H3,(H,25,28). The first-order valence-corrected chi connectivity index (χ1v) is 10.0. The molecule has 150 valence electrons. The minimum absolute atomic E-state index is 0.0158. The Hall–Kier alpha value is -3.04. The van der Waals surface area contributed by atoms with Gasteiger partial charge in [-0.25, -0.2) is 0 Å². The summed E-state index contributed by atoms with van der Waals surface area (Å²) in [6.07, 6.45) is 4.22. The number of methoxy groups -OCH3 is 1. The van der Waals surface area contributed by atoms with Crippen LogP contribution in [-0.2, 0) is 17.9 Å². The van der Waals surface area contributed by atoms with Gasteiger partial charge >= 0.3 is 0 Å². The van der Waals surface area contributed by atoms with Crippen molar-refractivity contribution in [1.29, 1.82) is 5.26 Å². The van der Waals surface area contributed by atoms with Crippen LogP contribution in [0.1, 0.15) is 24.0 Å². The predicted molar refractivity (Wildman–Crippen MR) is 112 cm³/mol. The average Bonchev–Trinajstić information content (AvgIpc) is 3.16. The minimum Gasteiger partial charge on any atom is -0.497 e. The van der Waals surface area contributed by atoms with Gasteiger partial charge < -0.3 is 19.9 Å². The van der Waals surface area contributed by atoms with Crippen LogP contribution < -0.4 is 10.1 Å². The summed E-state index contributed by atoms with van der Waals surface area (Å²) in [5, 5.41) is 12.5. The lowest BCUT2D eigenvalue weighted by Crippen LogP contribution is -2.38. The number of carbonyl (C=O) groups excluding carboxylic acids is 1. The van der Waals surface area contributed by atoms with Gasteiger partial charge in [-0.05, 0) is 73.0 Å². The number of benzene rings is 2. The highest BCUT2D eigenvalue weighted by atomic mass is 16.5. The van der Waals surface area contributed by atoms with Crippen molar-refractivity contribution in [2.24, 2.45) is 5.92 Å². The Morgan fingerprint density at radius 1 is 1.24 bits per heavy atom. The Morgan fingerprint density at radius 2 is 2.03 bits per heavy atom. The van der Waals surface area contributed by atoms with Gasteiger partial charge in [0.25, 0.3) is 0 Å². The van der Waals surface area contributed by atoms with Crippen molar-refractivity contribution in [2.75, 3.05) is 32.6 Å². The number of anilines is 1. The Balaban J connectivity index is 1.65. The molecule has 2 aliphatic rings. The SMILES string of the molecule is COc1ccc(-c2cc(NC(=O)C3CCCN(C)C3)cc3c2CN(C#N)C3)cc1. The topological polar surface area (TPSA) is 68.6 Å². The van der Waals surface area contributed by atoms with Gasteiger partial charge in [0.2, 0.25) is 5.91 Å². The Labute approximate surface area is 171 Å². The number of likely N-dealkylation sites (tertiary alicyclic amines) is 1. The van der Waals surface area contributed by atoms with Crippen molar-refractivity contribution in [2.45, 2.75) is 25.9 Å². The number of hydrogen-bond acceptors (Lipinski definition) is 5. The third-order valence-corrected chi connectivity index (χ3v) is 5.86. The lowest BCUT2D eigenvalue weighted by molar-refractivity contribution is -0.121. The molecule has 2 heterocycles. The van der Waals surface area contributed by atoms with Crippen LogP contribution >= 0.6 is 0 Å². The van der Waals surface area contributed by atoms with Gasteiger partial charge in [-0.15, -0.1) is 0 Å². The Bertz CT molecular complexity index is 949. The second-order valence-corrected chi connectivity index (χ2v) is 7.94. The summed E-state index contributed by atoms with van der Waals surface area (Å²) in [6.45, 7) is 3.01. The van der Waals surface area contributed by atoms with Crippen molar-refractivity contribution < 1.29 is 9.53 Å². The molecule has 2 aromatic rings. The highest BCUT2D eigenvalue weighted by Gasteiger charge is 2.26. The van der Waals surface area contributed by atoms with E-state index in [2.05, 4.69) is 23.5 Å². The van der Waals surface area contributed by atoms with Crippen LogP contribution in [-0.4, -0.2) is 43.0 Å². The van der Waals surface area contributed by atoms with Crippen LogP contribution in [0, 0.1) is 17.4 Å². The predicted octanol–water partition coefficient (Wildman–Crippen LogP) is 3.44. The molecule has 1 fully saturated rings. The molecule has 1 atom stereocenters. The van der Waals surface area contributed by atoms with E-state index in [-0.39, 0.29) is 11.8 Å². The average molecular weight is 390 g/mol. The van der Waals surface area contributed by atoms with Crippen LogP contribution in [0.3, 0.4) is 0 Å². The molecule has 1 saturated heterocycles. The number of amides is 1. The molecule has 0 aliphatic carbocycles. The zero-order valence-electron chi connectivity index (χ0n) is 16.9. The first-order chi connectivity index (χ1) is 14.1. The summed E-state index contributed by atoms with van der Waals surface area (Å²) in [5.41, 5.74) is 5.14. The normalized spacial score (nSPS) is 18.8. The summed E-state index contributed by atoms with van der Waals surface area (Å²) >= 11 is 0. The largest absolute Gasteiger partial charge is 0.497 e. The number of nitriles is 1. The molecule has 0 aromatic heterocycles. The first-order valence-electron chi connectivity index (χ1n) is 10.0. The fourth-order valence-corrected chi connectivity index (χ4v) is 4.31. The van der Waals surface area contributed by atoms with E-state index in [0.29, 0.717) is 13.1 Å². The summed E-state index contributed by atoms with van der Waals surface area (Å²) in [6, 6.07) is 12.0. The molecule has 0 saturated carbocycles. The van der Waals surface area contributed by atoms with Crippen molar-refractivity contribution in [3.63, 3.8) is 0 Å². The van der Waals surface area contributed by atoms with E-state index in [1.807, 2.05) is 36.4 Å². The molecule has 2 aromatic carbocycles. The van der Waals surface area contributed by atoms with Crippen molar-refractivity contribution in [1.82, 2.24) is 9.80 Å². The zero-order chi connectivity index (χ0) is 20.4. The fourth-order valence-electron chi connectivity index (χ4n) is 4.31. The first kappa shape index (κ1) is 19.3. The number of carbonyl (C=O) groups is 1. The van der Waals surface area contributed by atoms with Gasteiger partial charge in [0, 0.05) is 12.2 Å². The van der Waals surface area contributed by atoms with E-state index in [4.69, 9.17) is 4.74 Å². The molecule has 0 bridgehead atoms. The number of hydrogen-bond donors (Lipinski definition) is 1. The van der Waals surface area contributed by atoms with Crippen molar-refractivity contribution >= 4 is 11.6 Å². The van der Waals surface area contributed by atoms with Crippen LogP contribution in [0.25, 0.3) is 11.1 Å². The molecule has 1 amide bonds. The molecule has 4 rings (SSSR count). The van der Waals surface area contributed by atoms with E-state index >= 15 is 0 Å². The molecule has 6 nitrogen and oxygen atoms in total. The summed E-state index contributed by atoms with van der Waals surface area (Å²) in [5.74, 6) is 0.893. The van der Waals surface area contributed by atoms with Gasteiger partial charge in [-0.2, -0.15) is 5.26 Å². The van der Waals surface area contributed by atoms with Gasteiger partial charge in [0.05, 0.1) is 26.1 Å². The molecular formula is C23H26N4O2. The van der Waals surface area contributed by atoms with Gasteiger partial charge in [-0.3, -0.25) is 4.79 Å². The molecule has 0 radical (unpaired) electrons. The zero-order valence-corrected chi connectivity index (χ0v) is 16.9. The lowest BCUT2D eigenvalue weighted by atomic mass is 9.95. The van der Waals surface area contributed by atoms with Crippen LogP contribution in [0.15, 0.2) is 36.4 Å². The van der Waals surface area contributed by atoms with E-state index in [1.54, 1.807) is 12.0 Å². The van der Waals surface area contributed by atoms with Crippen LogP contribution in [0.5, 0.6) is 5.75 Å². The number of piperidine rings is 1. The van der Waals surface area contributed by atoms with E-state index in [0.717, 1.165) is 59.6 Å². The maximum atomic E-state index is 12.8. The van der Waals surface area contributed by atoms with Gasteiger partial charge in [0.1, 0.15) is 5.75 Å². The molecule has 2 aliphatic heterocycles. The molecule has 1 N–H and O–H groups in total. The molecule has 29 heavy (non-hydrogen) atoms. The maximum absolute atomic E-state index is 12.8. The van der Waals surface area contributed by atoms with Crippen LogP contribution in [0.2, 0.25) is 0 Å². The molecule has 6 heteroatoms. The second kappa shape index (κ2) is 8.14. The van der Waals surface area contributed by atoms with E-state index in [9.17, 15) is 10.1 Å². The number of rotatable bonds is 4. The molecule has 1 unspecified atom stereocenters. The third kappa shape index (κ3) is 4.06. The fraction of sp³-hybridized carbons (Fsp3) is 0.391.